The summed E-state index contributed by atoms with van der Waals surface area (Å²) in [6.45, 7) is 0.790. The number of nitrogens with one attached hydrogen (secondary N) is 1. The van der Waals surface area contributed by atoms with E-state index >= 15 is 0 Å². The van der Waals surface area contributed by atoms with E-state index in [1.54, 1.807) is 0 Å². The number of carboxylic acid groups (broad SMARTS) is 1. The molecule has 1 aliphatic rings. The lowest BCUT2D eigenvalue weighted by Crippen LogP contribution is -2.53. The number of carbonyl (C=O) groups is 2. The Kier molecular flexibility index (Phi) is 3.24. The van der Waals surface area contributed by atoms with Gasteiger partial charge in [0.1, 0.15) is 5.41 Å². The summed E-state index contributed by atoms with van der Waals surface area (Å²) in [6.07, 6.45) is 0.550. The van der Waals surface area contributed by atoms with E-state index in [0.29, 0.717) is 13.0 Å². The number of ketones is 1. The van der Waals surface area contributed by atoms with Gasteiger partial charge in [0, 0.05) is 19.5 Å². The Morgan fingerprint density at radius 1 is 1.35 bits per heavy atom. The minimum Gasteiger partial charge on any atom is -0.480 e. The van der Waals surface area contributed by atoms with Crippen LogP contribution in [0.1, 0.15) is 12.0 Å². The zero-order valence-corrected chi connectivity index (χ0v) is 9.48. The van der Waals surface area contributed by atoms with Gasteiger partial charge >= 0.3 is 5.97 Å². The highest BCUT2D eigenvalue weighted by atomic mass is 16.4. The second kappa shape index (κ2) is 4.67. The summed E-state index contributed by atoms with van der Waals surface area (Å²) in [7, 11) is 0. The summed E-state index contributed by atoms with van der Waals surface area (Å²) in [5.41, 5.74) is -0.411. The van der Waals surface area contributed by atoms with Gasteiger partial charge in [-0.3, -0.25) is 9.59 Å². The van der Waals surface area contributed by atoms with E-state index in [-0.39, 0.29) is 18.7 Å². The van der Waals surface area contributed by atoms with E-state index in [2.05, 4.69) is 5.32 Å². The van der Waals surface area contributed by atoms with Gasteiger partial charge in [-0.15, -0.1) is 0 Å². The van der Waals surface area contributed by atoms with E-state index in [0.717, 1.165) is 5.56 Å². The molecule has 0 aromatic heterocycles. The van der Waals surface area contributed by atoms with Crippen LogP contribution in [0.15, 0.2) is 30.3 Å². The number of piperidine rings is 1. The molecule has 0 bridgehead atoms. The summed E-state index contributed by atoms with van der Waals surface area (Å²) in [6, 6.07) is 9.29. The highest BCUT2D eigenvalue weighted by molar-refractivity contribution is 6.04. The fourth-order valence-corrected chi connectivity index (χ4v) is 2.22. The molecule has 1 atom stereocenters. The lowest BCUT2D eigenvalue weighted by atomic mass is 9.75. The molecule has 0 unspecified atom stereocenters. The van der Waals surface area contributed by atoms with Crippen LogP contribution in [-0.2, 0) is 16.0 Å². The molecule has 2 N–H and O–H groups in total. The number of hydrogen-bond acceptors (Lipinski definition) is 3. The van der Waals surface area contributed by atoms with Crippen molar-refractivity contribution in [2.45, 2.75) is 12.8 Å². The summed E-state index contributed by atoms with van der Waals surface area (Å²) in [4.78, 5) is 23.4. The van der Waals surface area contributed by atoms with Gasteiger partial charge in [-0.2, -0.15) is 0 Å². The first-order valence-corrected chi connectivity index (χ1v) is 5.66. The molecule has 1 aliphatic heterocycles. The summed E-state index contributed by atoms with van der Waals surface area (Å²) >= 11 is 0. The molecule has 0 saturated carbocycles. The molecule has 90 valence electrons. The van der Waals surface area contributed by atoms with Crippen molar-refractivity contribution < 1.29 is 14.7 Å². The molecule has 0 aliphatic carbocycles. The van der Waals surface area contributed by atoms with E-state index in [9.17, 15) is 14.7 Å². The monoisotopic (exact) mass is 233 g/mol. The van der Waals surface area contributed by atoms with Gasteiger partial charge in [0.05, 0.1) is 0 Å². The number of rotatable bonds is 3. The lowest BCUT2D eigenvalue weighted by molar-refractivity contribution is -0.155. The van der Waals surface area contributed by atoms with Crippen molar-refractivity contribution in [2.24, 2.45) is 5.41 Å². The number of carbonyl (C=O) groups excluding carboxylic acids is 1. The molecule has 4 nitrogen and oxygen atoms in total. The van der Waals surface area contributed by atoms with Crippen LogP contribution in [-0.4, -0.2) is 29.9 Å². The molecule has 2 rings (SSSR count). The molecule has 0 spiro atoms. The van der Waals surface area contributed by atoms with Crippen molar-refractivity contribution in [3.63, 3.8) is 0 Å². The summed E-state index contributed by atoms with van der Waals surface area (Å²) in [5, 5.41) is 12.4. The van der Waals surface area contributed by atoms with E-state index in [1.807, 2.05) is 30.3 Å². The molecule has 1 saturated heterocycles. The zero-order chi connectivity index (χ0) is 12.3. The second-order valence-corrected chi connectivity index (χ2v) is 4.40. The highest BCUT2D eigenvalue weighted by Crippen LogP contribution is 2.28. The van der Waals surface area contributed by atoms with E-state index < -0.39 is 11.4 Å². The minimum absolute atomic E-state index is 0.174. The molecule has 1 fully saturated rings. The number of hydrogen-bond donors (Lipinski definition) is 2. The van der Waals surface area contributed by atoms with Crippen molar-refractivity contribution in [1.82, 2.24) is 5.32 Å². The van der Waals surface area contributed by atoms with E-state index in [4.69, 9.17) is 0 Å². The van der Waals surface area contributed by atoms with Crippen molar-refractivity contribution >= 4 is 11.8 Å². The van der Waals surface area contributed by atoms with Gasteiger partial charge in [-0.1, -0.05) is 30.3 Å². The average molecular weight is 233 g/mol. The van der Waals surface area contributed by atoms with Crippen molar-refractivity contribution in [3.05, 3.63) is 35.9 Å². The van der Waals surface area contributed by atoms with Gasteiger partial charge in [-0.25, -0.2) is 0 Å². The molecule has 1 heterocycles. The Morgan fingerprint density at radius 3 is 2.65 bits per heavy atom. The Morgan fingerprint density at radius 2 is 2.06 bits per heavy atom. The predicted octanol–water partition coefficient (Wildman–Crippen LogP) is 0.863. The fourth-order valence-electron chi connectivity index (χ4n) is 2.22. The molecule has 0 amide bonds. The molecular formula is C13H15NO3. The van der Waals surface area contributed by atoms with Crippen LogP contribution in [0.4, 0.5) is 0 Å². The van der Waals surface area contributed by atoms with Gasteiger partial charge in [0.25, 0.3) is 0 Å². The van der Waals surface area contributed by atoms with Crippen LogP contribution in [0.5, 0.6) is 0 Å². The Balaban J connectivity index is 2.29. The van der Waals surface area contributed by atoms with Crippen LogP contribution < -0.4 is 5.32 Å². The van der Waals surface area contributed by atoms with Crippen molar-refractivity contribution in [2.75, 3.05) is 13.1 Å². The Hall–Kier alpha value is -1.68. The first kappa shape index (κ1) is 11.8. The summed E-state index contributed by atoms with van der Waals surface area (Å²) < 4.78 is 0. The maximum absolute atomic E-state index is 11.9. The lowest BCUT2D eigenvalue weighted by Gasteiger charge is -2.32. The first-order chi connectivity index (χ1) is 8.15. The van der Waals surface area contributed by atoms with Crippen LogP contribution in [0.25, 0.3) is 0 Å². The molecule has 1 aromatic rings. The molecule has 4 heteroatoms. The van der Waals surface area contributed by atoms with Crippen LogP contribution >= 0.6 is 0 Å². The number of Topliss-reactive ketones (excluding diaryl/α,β-unsaturated/α-hetero) is 1. The minimum atomic E-state index is -1.29. The first-order valence-electron chi connectivity index (χ1n) is 5.66. The van der Waals surface area contributed by atoms with Crippen molar-refractivity contribution in [1.29, 1.82) is 0 Å². The topological polar surface area (TPSA) is 66.4 Å². The predicted molar refractivity (Wildman–Crippen MR) is 62.7 cm³/mol. The quantitative estimate of drug-likeness (QED) is 0.760. The number of aliphatic carboxylic acids is 1. The number of carboxylic acids is 1. The SMILES string of the molecule is O=C(O)[C@]1(Cc2ccccc2)CNCCC1=O. The van der Waals surface area contributed by atoms with E-state index in [1.165, 1.54) is 0 Å². The normalized spacial score (nSPS) is 24.6. The molecule has 0 radical (unpaired) electrons. The largest absolute Gasteiger partial charge is 0.480 e. The average Bonchev–Trinajstić information content (AvgIpc) is 2.33. The van der Waals surface area contributed by atoms with Gasteiger partial charge < -0.3 is 10.4 Å². The summed E-state index contributed by atoms with van der Waals surface area (Å²) in [5.74, 6) is -1.20. The van der Waals surface area contributed by atoms with Crippen LogP contribution in [0.2, 0.25) is 0 Å². The molecular weight excluding hydrogens is 218 g/mol. The maximum atomic E-state index is 11.9. The van der Waals surface area contributed by atoms with Gasteiger partial charge in [0.2, 0.25) is 0 Å². The van der Waals surface area contributed by atoms with Gasteiger partial charge in [0.15, 0.2) is 5.78 Å². The Bertz CT molecular complexity index is 430. The second-order valence-electron chi connectivity index (χ2n) is 4.40. The van der Waals surface area contributed by atoms with Crippen LogP contribution in [0, 0.1) is 5.41 Å². The third kappa shape index (κ3) is 2.22. The van der Waals surface area contributed by atoms with Crippen molar-refractivity contribution in [3.8, 4) is 0 Å². The van der Waals surface area contributed by atoms with Gasteiger partial charge in [-0.05, 0) is 12.0 Å². The zero-order valence-electron chi connectivity index (χ0n) is 9.48. The maximum Gasteiger partial charge on any atom is 0.318 e. The molecule has 17 heavy (non-hydrogen) atoms. The number of benzene rings is 1. The fraction of sp³-hybridized carbons (Fsp3) is 0.385. The molecule has 1 aromatic carbocycles. The third-order valence-corrected chi connectivity index (χ3v) is 3.25. The van der Waals surface area contributed by atoms with Crippen LogP contribution in [0.3, 0.4) is 0 Å². The Labute approximate surface area is 99.6 Å². The standard InChI is InChI=1S/C13H15NO3/c15-11-6-7-14-9-13(11,12(16)17)8-10-4-2-1-3-5-10/h1-5,14H,6-9H2,(H,16,17)/t13-/m1/s1. The third-order valence-electron chi connectivity index (χ3n) is 3.25. The smallest absolute Gasteiger partial charge is 0.318 e. The highest BCUT2D eigenvalue weighted by Gasteiger charge is 2.46.